The molecule has 0 radical (unpaired) electrons. The van der Waals surface area contributed by atoms with Crippen molar-refractivity contribution in [1.82, 2.24) is 5.32 Å². The molecule has 2 atom stereocenters. The van der Waals surface area contributed by atoms with E-state index in [2.05, 4.69) is 35.1 Å². The molecule has 0 aliphatic carbocycles. The Morgan fingerprint density at radius 1 is 1.35 bits per heavy atom. The van der Waals surface area contributed by atoms with Crippen molar-refractivity contribution in [3.8, 4) is 5.75 Å². The summed E-state index contributed by atoms with van der Waals surface area (Å²) in [6.07, 6.45) is -0.622. The normalized spacial score (nSPS) is 13.7. The van der Waals surface area contributed by atoms with Gasteiger partial charge >= 0.3 is 5.97 Å². The average Bonchev–Trinajstić information content (AvgIpc) is 2.41. The lowest BCUT2D eigenvalue weighted by Crippen LogP contribution is -2.27. The van der Waals surface area contributed by atoms with Gasteiger partial charge in [0, 0.05) is 16.1 Å². The zero-order chi connectivity index (χ0) is 15.1. The van der Waals surface area contributed by atoms with E-state index in [1.807, 2.05) is 18.2 Å². The molecule has 0 heterocycles. The Bertz CT molecular complexity index is 451. The number of hydrogen-bond acceptors (Lipinski definition) is 4. The highest BCUT2D eigenvalue weighted by Gasteiger charge is 2.19. The molecule has 20 heavy (non-hydrogen) atoms. The van der Waals surface area contributed by atoms with Gasteiger partial charge in [0.1, 0.15) is 5.75 Å². The lowest BCUT2D eigenvalue weighted by molar-refractivity contribution is -0.150. The SMILES string of the molecule is CCNC(C)c1cc(Br)ccc1OC(C)C(=O)OCC. The largest absolute Gasteiger partial charge is 0.479 e. The van der Waals surface area contributed by atoms with Crippen LogP contribution in [0.2, 0.25) is 0 Å². The van der Waals surface area contributed by atoms with Gasteiger partial charge in [-0.25, -0.2) is 4.79 Å². The minimum atomic E-state index is -0.622. The number of rotatable bonds is 7. The second-order valence-corrected chi connectivity index (χ2v) is 5.39. The summed E-state index contributed by atoms with van der Waals surface area (Å²) in [6, 6.07) is 5.90. The first-order chi connectivity index (χ1) is 9.49. The zero-order valence-electron chi connectivity index (χ0n) is 12.4. The van der Waals surface area contributed by atoms with E-state index < -0.39 is 6.10 Å². The molecule has 1 aromatic carbocycles. The predicted molar refractivity (Wildman–Crippen MR) is 83.0 cm³/mol. The number of carbonyl (C=O) groups is 1. The Labute approximate surface area is 129 Å². The van der Waals surface area contributed by atoms with Gasteiger partial charge < -0.3 is 14.8 Å². The Morgan fingerprint density at radius 3 is 2.65 bits per heavy atom. The van der Waals surface area contributed by atoms with Crippen molar-refractivity contribution in [1.29, 1.82) is 0 Å². The van der Waals surface area contributed by atoms with E-state index >= 15 is 0 Å². The van der Waals surface area contributed by atoms with Crippen molar-refractivity contribution >= 4 is 21.9 Å². The van der Waals surface area contributed by atoms with Crippen LogP contribution in [0.5, 0.6) is 5.75 Å². The van der Waals surface area contributed by atoms with Crippen LogP contribution in [-0.4, -0.2) is 25.2 Å². The monoisotopic (exact) mass is 343 g/mol. The van der Waals surface area contributed by atoms with Crippen molar-refractivity contribution < 1.29 is 14.3 Å². The highest BCUT2D eigenvalue weighted by atomic mass is 79.9. The lowest BCUT2D eigenvalue weighted by Gasteiger charge is -2.20. The molecule has 1 rings (SSSR count). The van der Waals surface area contributed by atoms with E-state index in [9.17, 15) is 4.79 Å². The molecule has 5 heteroatoms. The smallest absolute Gasteiger partial charge is 0.347 e. The van der Waals surface area contributed by atoms with Gasteiger partial charge in [-0.05, 0) is 45.5 Å². The minimum absolute atomic E-state index is 0.141. The quantitative estimate of drug-likeness (QED) is 0.770. The maximum Gasteiger partial charge on any atom is 0.347 e. The minimum Gasteiger partial charge on any atom is -0.479 e. The van der Waals surface area contributed by atoms with Gasteiger partial charge in [0.05, 0.1) is 6.61 Å². The van der Waals surface area contributed by atoms with E-state index in [4.69, 9.17) is 9.47 Å². The molecule has 4 nitrogen and oxygen atoms in total. The highest BCUT2D eigenvalue weighted by Crippen LogP contribution is 2.29. The first kappa shape index (κ1) is 17.0. The van der Waals surface area contributed by atoms with E-state index in [0.29, 0.717) is 12.4 Å². The number of benzene rings is 1. The van der Waals surface area contributed by atoms with Crippen LogP contribution in [0.4, 0.5) is 0 Å². The topological polar surface area (TPSA) is 47.6 Å². The molecule has 1 N–H and O–H groups in total. The molecular weight excluding hydrogens is 322 g/mol. The first-order valence-corrected chi connectivity index (χ1v) is 7.65. The van der Waals surface area contributed by atoms with Crippen molar-refractivity contribution in [2.45, 2.75) is 39.8 Å². The third kappa shape index (κ3) is 4.80. The molecule has 2 unspecified atom stereocenters. The summed E-state index contributed by atoms with van der Waals surface area (Å²) in [7, 11) is 0. The van der Waals surface area contributed by atoms with Gasteiger partial charge in [-0.3, -0.25) is 0 Å². The summed E-state index contributed by atoms with van der Waals surface area (Å²) < 4.78 is 11.7. The number of halogens is 1. The van der Waals surface area contributed by atoms with Crippen LogP contribution < -0.4 is 10.1 Å². The van der Waals surface area contributed by atoms with Crippen molar-refractivity contribution in [2.24, 2.45) is 0 Å². The number of carbonyl (C=O) groups excluding carboxylic acids is 1. The first-order valence-electron chi connectivity index (χ1n) is 6.85. The third-order valence-electron chi connectivity index (χ3n) is 2.87. The molecule has 1 aromatic rings. The van der Waals surface area contributed by atoms with Crippen LogP contribution in [0.1, 0.15) is 39.3 Å². The third-order valence-corrected chi connectivity index (χ3v) is 3.36. The fourth-order valence-corrected chi connectivity index (χ4v) is 2.26. The summed E-state index contributed by atoms with van der Waals surface area (Å²) in [5.41, 5.74) is 1.01. The molecule has 0 aliphatic heterocycles. The number of esters is 1. The fraction of sp³-hybridized carbons (Fsp3) is 0.533. The Kier molecular flexibility index (Phi) is 7.02. The molecule has 0 fully saturated rings. The van der Waals surface area contributed by atoms with Crippen molar-refractivity contribution in [3.05, 3.63) is 28.2 Å². The molecule has 0 bridgehead atoms. The van der Waals surface area contributed by atoms with E-state index in [1.165, 1.54) is 0 Å². The molecule has 0 amide bonds. The average molecular weight is 344 g/mol. The van der Waals surface area contributed by atoms with Gasteiger partial charge in [-0.1, -0.05) is 22.9 Å². The van der Waals surface area contributed by atoms with Gasteiger partial charge in [-0.15, -0.1) is 0 Å². The van der Waals surface area contributed by atoms with Crippen LogP contribution in [-0.2, 0) is 9.53 Å². The second kappa shape index (κ2) is 8.27. The van der Waals surface area contributed by atoms with E-state index in [0.717, 1.165) is 16.6 Å². The Hall–Kier alpha value is -1.07. The molecule has 0 aromatic heterocycles. The predicted octanol–water partition coefficient (Wildman–Crippen LogP) is 3.45. The van der Waals surface area contributed by atoms with Gasteiger partial charge in [0.15, 0.2) is 6.10 Å². The molecular formula is C15H22BrNO3. The van der Waals surface area contributed by atoms with Gasteiger partial charge in [0.2, 0.25) is 0 Å². The van der Waals surface area contributed by atoms with Gasteiger partial charge in [0.25, 0.3) is 0 Å². The standard InChI is InChI=1S/C15H22BrNO3/c1-5-17-10(3)13-9-12(16)7-8-14(13)20-11(4)15(18)19-6-2/h7-11,17H,5-6H2,1-4H3. The van der Waals surface area contributed by atoms with Crippen molar-refractivity contribution in [2.75, 3.05) is 13.2 Å². The number of nitrogens with one attached hydrogen (secondary N) is 1. The van der Waals surface area contributed by atoms with E-state index in [-0.39, 0.29) is 12.0 Å². The summed E-state index contributed by atoms with van der Waals surface area (Å²) >= 11 is 3.46. The van der Waals surface area contributed by atoms with Crippen LogP contribution >= 0.6 is 15.9 Å². The summed E-state index contributed by atoms with van der Waals surface area (Å²) in [5, 5.41) is 3.34. The number of ether oxygens (including phenoxy) is 2. The maximum atomic E-state index is 11.6. The molecule has 112 valence electrons. The molecule has 0 spiro atoms. The van der Waals surface area contributed by atoms with E-state index in [1.54, 1.807) is 13.8 Å². The van der Waals surface area contributed by atoms with Crippen LogP contribution in [0.3, 0.4) is 0 Å². The van der Waals surface area contributed by atoms with Gasteiger partial charge in [-0.2, -0.15) is 0 Å². The van der Waals surface area contributed by atoms with Crippen LogP contribution in [0.25, 0.3) is 0 Å². The fourth-order valence-electron chi connectivity index (χ4n) is 1.88. The maximum absolute atomic E-state index is 11.6. The van der Waals surface area contributed by atoms with Crippen LogP contribution in [0, 0.1) is 0 Å². The van der Waals surface area contributed by atoms with Crippen molar-refractivity contribution in [3.63, 3.8) is 0 Å². The van der Waals surface area contributed by atoms with Crippen LogP contribution in [0.15, 0.2) is 22.7 Å². The lowest BCUT2D eigenvalue weighted by atomic mass is 10.1. The summed E-state index contributed by atoms with van der Waals surface area (Å²) in [4.78, 5) is 11.6. The summed E-state index contributed by atoms with van der Waals surface area (Å²) in [6.45, 7) is 8.81. The number of hydrogen-bond donors (Lipinski definition) is 1. The summed E-state index contributed by atoms with van der Waals surface area (Å²) in [5.74, 6) is 0.347. The Morgan fingerprint density at radius 2 is 2.05 bits per heavy atom. The second-order valence-electron chi connectivity index (χ2n) is 4.47. The molecule has 0 aliphatic rings. The molecule has 0 saturated heterocycles. The Balaban J connectivity index is 2.91. The zero-order valence-corrected chi connectivity index (χ0v) is 14.0. The highest BCUT2D eigenvalue weighted by molar-refractivity contribution is 9.10. The molecule has 0 saturated carbocycles.